The summed E-state index contributed by atoms with van der Waals surface area (Å²) in [7, 11) is 3.21. The van der Waals surface area contributed by atoms with Crippen molar-refractivity contribution in [2.24, 2.45) is 0 Å². The smallest absolute Gasteiger partial charge is 0.255 e. The Labute approximate surface area is 168 Å². The molecule has 0 saturated heterocycles. The molecule has 8 nitrogen and oxygen atoms in total. The van der Waals surface area contributed by atoms with Crippen molar-refractivity contribution in [3.63, 3.8) is 0 Å². The number of ether oxygens (including phenoxy) is 2. The highest BCUT2D eigenvalue weighted by atomic mass is 16.5. The van der Waals surface area contributed by atoms with Gasteiger partial charge in [-0.25, -0.2) is 9.97 Å². The molecule has 0 saturated carbocycles. The van der Waals surface area contributed by atoms with E-state index in [0.29, 0.717) is 42.5 Å². The van der Waals surface area contributed by atoms with Gasteiger partial charge < -0.3 is 19.7 Å². The second-order valence-electron chi connectivity index (χ2n) is 6.61. The largest absolute Gasteiger partial charge is 0.497 e. The molecule has 0 atom stereocenters. The van der Waals surface area contributed by atoms with E-state index in [1.54, 1.807) is 55.9 Å². The Hall–Kier alpha value is -3.68. The fourth-order valence-corrected chi connectivity index (χ4v) is 3.23. The van der Waals surface area contributed by atoms with Gasteiger partial charge in [-0.05, 0) is 12.1 Å². The van der Waals surface area contributed by atoms with Crippen LogP contribution in [0.4, 0.5) is 11.6 Å². The first kappa shape index (κ1) is 18.7. The maximum Gasteiger partial charge on any atom is 0.255 e. The number of pyridine rings is 1. The topological polar surface area (TPSA) is 89.5 Å². The Balaban J connectivity index is 1.50. The third-order valence-corrected chi connectivity index (χ3v) is 4.74. The van der Waals surface area contributed by atoms with Crippen LogP contribution >= 0.6 is 0 Å². The number of fused-ring (bicyclic) bond motifs is 1. The molecule has 8 heteroatoms. The minimum absolute atomic E-state index is 0.0329. The highest BCUT2D eigenvalue weighted by molar-refractivity contribution is 5.94. The molecular weight excluding hydrogens is 370 g/mol. The van der Waals surface area contributed by atoms with Crippen molar-refractivity contribution in [3.05, 3.63) is 65.7 Å². The molecule has 2 aromatic heterocycles. The number of methoxy groups -OCH3 is 2. The predicted molar refractivity (Wildman–Crippen MR) is 108 cm³/mol. The number of nitrogens with one attached hydrogen (secondary N) is 1. The number of amides is 1. The summed E-state index contributed by atoms with van der Waals surface area (Å²) < 4.78 is 10.6. The maximum absolute atomic E-state index is 12.6. The van der Waals surface area contributed by atoms with Crippen LogP contribution in [0.25, 0.3) is 0 Å². The van der Waals surface area contributed by atoms with Crippen LogP contribution in [0.3, 0.4) is 0 Å². The van der Waals surface area contributed by atoms with Gasteiger partial charge in [-0.1, -0.05) is 0 Å². The quantitative estimate of drug-likeness (QED) is 0.715. The van der Waals surface area contributed by atoms with Crippen LogP contribution in [-0.2, 0) is 13.0 Å². The van der Waals surface area contributed by atoms with Crippen molar-refractivity contribution in [1.82, 2.24) is 19.9 Å². The van der Waals surface area contributed by atoms with Crippen molar-refractivity contribution in [2.45, 2.75) is 13.0 Å². The Bertz CT molecular complexity index is 1000. The molecule has 1 N–H and O–H groups in total. The van der Waals surface area contributed by atoms with Crippen molar-refractivity contribution in [1.29, 1.82) is 0 Å². The molecule has 1 amide bonds. The number of nitrogens with zero attached hydrogens (tertiary/aromatic N) is 4. The zero-order valence-electron chi connectivity index (χ0n) is 16.3. The normalized spacial score (nSPS) is 12.8. The molecule has 1 aromatic carbocycles. The average molecular weight is 391 g/mol. The number of carbonyl (C=O) groups excluding carboxylic acids is 1. The monoisotopic (exact) mass is 391 g/mol. The molecule has 0 bridgehead atoms. The number of hydrogen-bond acceptors (Lipinski definition) is 7. The molecule has 0 unspecified atom stereocenters. The van der Waals surface area contributed by atoms with Gasteiger partial charge in [-0.2, -0.15) is 0 Å². The Morgan fingerprint density at radius 2 is 1.93 bits per heavy atom. The molecule has 3 aromatic rings. The van der Waals surface area contributed by atoms with E-state index in [1.807, 2.05) is 12.1 Å². The molecular formula is C21H21N5O3. The van der Waals surface area contributed by atoms with Crippen molar-refractivity contribution >= 4 is 17.5 Å². The van der Waals surface area contributed by atoms with Gasteiger partial charge in [0.1, 0.15) is 11.5 Å². The minimum Gasteiger partial charge on any atom is -0.497 e. The average Bonchev–Trinajstić information content (AvgIpc) is 2.78. The van der Waals surface area contributed by atoms with Gasteiger partial charge in [0.05, 0.1) is 25.5 Å². The number of rotatable bonds is 5. The SMILES string of the molecule is COc1cc(Nc2ncc3c(n2)CCN(C(=O)c2cccnc2)C3)cc(OC)c1. The molecule has 1 aliphatic rings. The van der Waals surface area contributed by atoms with E-state index in [9.17, 15) is 4.79 Å². The number of benzene rings is 1. The van der Waals surface area contributed by atoms with E-state index < -0.39 is 0 Å². The summed E-state index contributed by atoms with van der Waals surface area (Å²) in [6, 6.07) is 9.03. The van der Waals surface area contributed by atoms with E-state index in [-0.39, 0.29) is 5.91 Å². The van der Waals surface area contributed by atoms with Crippen molar-refractivity contribution in [3.8, 4) is 11.5 Å². The lowest BCUT2D eigenvalue weighted by atomic mass is 10.1. The van der Waals surface area contributed by atoms with Crippen LogP contribution < -0.4 is 14.8 Å². The lowest BCUT2D eigenvalue weighted by Gasteiger charge is -2.28. The van der Waals surface area contributed by atoms with Crippen molar-refractivity contribution in [2.75, 3.05) is 26.1 Å². The second-order valence-corrected chi connectivity index (χ2v) is 6.61. The number of carbonyl (C=O) groups is 1. The molecule has 1 aliphatic heterocycles. The van der Waals surface area contributed by atoms with Crippen LogP contribution in [0.1, 0.15) is 21.6 Å². The predicted octanol–water partition coefficient (Wildman–Crippen LogP) is 2.83. The van der Waals surface area contributed by atoms with Gasteiger partial charge in [-0.3, -0.25) is 9.78 Å². The lowest BCUT2D eigenvalue weighted by molar-refractivity contribution is 0.0733. The number of anilines is 2. The van der Waals surface area contributed by atoms with Gasteiger partial charge >= 0.3 is 0 Å². The van der Waals surface area contributed by atoms with Crippen molar-refractivity contribution < 1.29 is 14.3 Å². The molecule has 148 valence electrons. The highest BCUT2D eigenvalue weighted by Gasteiger charge is 2.23. The summed E-state index contributed by atoms with van der Waals surface area (Å²) in [6.07, 6.45) is 5.68. The Kier molecular flexibility index (Phi) is 5.24. The molecule has 0 fully saturated rings. The molecule has 4 rings (SSSR count). The summed E-state index contributed by atoms with van der Waals surface area (Å²) in [5.74, 6) is 1.81. The van der Waals surface area contributed by atoms with E-state index in [1.165, 1.54) is 0 Å². The first-order valence-electron chi connectivity index (χ1n) is 9.20. The third-order valence-electron chi connectivity index (χ3n) is 4.74. The van der Waals surface area contributed by atoms with Gasteiger partial charge in [0.25, 0.3) is 5.91 Å². The van der Waals surface area contributed by atoms with Crippen LogP contribution in [0.2, 0.25) is 0 Å². The first-order valence-corrected chi connectivity index (χ1v) is 9.20. The summed E-state index contributed by atoms with van der Waals surface area (Å²) in [6.45, 7) is 1.08. The number of aromatic nitrogens is 3. The summed E-state index contributed by atoms with van der Waals surface area (Å²) >= 11 is 0. The van der Waals surface area contributed by atoms with Crippen LogP contribution in [-0.4, -0.2) is 46.5 Å². The van der Waals surface area contributed by atoms with Crippen LogP contribution in [0, 0.1) is 0 Å². The highest BCUT2D eigenvalue weighted by Crippen LogP contribution is 2.28. The fourth-order valence-electron chi connectivity index (χ4n) is 3.23. The van der Waals surface area contributed by atoms with Gasteiger partial charge in [0.15, 0.2) is 0 Å². The van der Waals surface area contributed by atoms with Crippen LogP contribution in [0.15, 0.2) is 48.9 Å². The fraction of sp³-hybridized carbons (Fsp3) is 0.238. The van der Waals surface area contributed by atoms with Crippen LogP contribution in [0.5, 0.6) is 11.5 Å². The Morgan fingerprint density at radius 3 is 2.62 bits per heavy atom. The molecule has 29 heavy (non-hydrogen) atoms. The minimum atomic E-state index is -0.0329. The molecule has 0 aliphatic carbocycles. The summed E-state index contributed by atoms with van der Waals surface area (Å²) in [4.78, 5) is 27.5. The molecule has 0 spiro atoms. The van der Waals surface area contributed by atoms with Gasteiger partial charge in [0.2, 0.25) is 5.95 Å². The van der Waals surface area contributed by atoms with Gasteiger partial charge in [-0.15, -0.1) is 0 Å². The van der Waals surface area contributed by atoms with E-state index in [4.69, 9.17) is 9.47 Å². The van der Waals surface area contributed by atoms with Gasteiger partial charge in [0, 0.05) is 67.6 Å². The second kappa shape index (κ2) is 8.14. The zero-order valence-corrected chi connectivity index (χ0v) is 16.3. The third kappa shape index (κ3) is 4.11. The maximum atomic E-state index is 12.6. The molecule has 0 radical (unpaired) electrons. The zero-order chi connectivity index (χ0) is 20.2. The first-order chi connectivity index (χ1) is 14.2. The summed E-state index contributed by atoms with van der Waals surface area (Å²) in [5, 5.41) is 3.19. The van der Waals surface area contributed by atoms with E-state index in [0.717, 1.165) is 16.9 Å². The number of hydrogen-bond donors (Lipinski definition) is 1. The summed E-state index contributed by atoms with van der Waals surface area (Å²) in [5.41, 5.74) is 3.24. The van der Waals surface area contributed by atoms with E-state index in [2.05, 4.69) is 20.3 Å². The standard InChI is InChI=1S/C21H21N5O3/c1-28-17-8-16(9-18(10-17)29-2)24-21-23-12-15-13-26(7-5-19(15)25-21)20(27)14-4-3-6-22-11-14/h3-4,6,8-12H,5,7,13H2,1-2H3,(H,23,24,25). The Morgan fingerprint density at radius 1 is 1.14 bits per heavy atom. The van der Waals surface area contributed by atoms with E-state index >= 15 is 0 Å². The lowest BCUT2D eigenvalue weighted by Crippen LogP contribution is -2.36. The molecule has 3 heterocycles.